The summed E-state index contributed by atoms with van der Waals surface area (Å²) in [6.45, 7) is 5.61. The van der Waals surface area contributed by atoms with Crippen molar-refractivity contribution in [1.82, 2.24) is 4.90 Å². The monoisotopic (exact) mass is 451 g/mol. The Morgan fingerprint density at radius 1 is 1.00 bits per heavy atom. The lowest BCUT2D eigenvalue weighted by Crippen LogP contribution is -2.44. The summed E-state index contributed by atoms with van der Waals surface area (Å²) in [5.74, 6) is 1.28. The van der Waals surface area contributed by atoms with E-state index in [0.717, 1.165) is 24.4 Å². The Balaban J connectivity index is 0.00000171. The van der Waals surface area contributed by atoms with Crippen LogP contribution >= 0.6 is 0 Å². The number of nitrogens with zero attached hydrogens (tertiary/aromatic N) is 2. The van der Waals surface area contributed by atoms with Crippen LogP contribution in [0.5, 0.6) is 5.75 Å². The second-order valence-electron chi connectivity index (χ2n) is 9.93. The smallest absolute Gasteiger partial charge is 0.255 e. The summed E-state index contributed by atoms with van der Waals surface area (Å²) < 4.78 is 5.68. The zero-order valence-electron chi connectivity index (χ0n) is 19.5. The van der Waals surface area contributed by atoms with E-state index in [-0.39, 0.29) is 20.7 Å². The molecule has 178 valence electrons. The molecular weight excluding hydrogens is 414 g/mol. The lowest BCUT2D eigenvalue weighted by molar-refractivity contribution is -0.122. The Morgan fingerprint density at radius 2 is 1.64 bits per heavy atom. The van der Waals surface area contributed by atoms with E-state index in [1.807, 2.05) is 41.3 Å². The van der Waals surface area contributed by atoms with Crippen molar-refractivity contribution in [3.05, 3.63) is 54.1 Å². The minimum atomic E-state index is -0.167. The normalized spacial score (nSPS) is 24.6. The number of carbonyl (C=O) groups excluding carboxylic acids is 2. The van der Waals surface area contributed by atoms with E-state index in [1.54, 1.807) is 12.1 Å². The van der Waals surface area contributed by atoms with Crippen LogP contribution in [-0.4, -0.2) is 48.0 Å². The van der Waals surface area contributed by atoms with Gasteiger partial charge in [-0.1, -0.05) is 13.8 Å². The number of hydrogen-bond donors (Lipinski definition) is 1. The number of ether oxygens (including phenoxy) is 1. The molecule has 2 bridgehead atoms. The van der Waals surface area contributed by atoms with Crippen LogP contribution < -0.4 is 15.0 Å². The van der Waals surface area contributed by atoms with Gasteiger partial charge in [0.15, 0.2) is 0 Å². The summed E-state index contributed by atoms with van der Waals surface area (Å²) in [6, 6.07) is 16.0. The van der Waals surface area contributed by atoms with Crippen molar-refractivity contribution in [2.75, 3.05) is 23.4 Å². The molecule has 3 saturated heterocycles. The lowest BCUT2D eigenvalue weighted by Gasteiger charge is -2.27. The Kier molecular flexibility index (Phi) is 6.11. The van der Waals surface area contributed by atoms with Gasteiger partial charge in [0.1, 0.15) is 5.75 Å². The molecule has 3 aliphatic rings. The summed E-state index contributed by atoms with van der Waals surface area (Å²) in [7, 11) is 0. The largest absolute Gasteiger partial charge is 0.493 e. The highest BCUT2D eigenvalue weighted by molar-refractivity contribution is 6.04. The zero-order chi connectivity index (χ0) is 22.9. The second kappa shape index (κ2) is 9.18. The first kappa shape index (κ1) is 22.0. The van der Waals surface area contributed by atoms with E-state index in [0.29, 0.717) is 35.9 Å². The molecule has 6 nitrogen and oxygen atoms in total. The van der Waals surface area contributed by atoms with Gasteiger partial charge in [-0.15, -0.1) is 0 Å². The molecule has 2 aromatic carbocycles. The first-order valence-electron chi connectivity index (χ1n) is 12.2. The van der Waals surface area contributed by atoms with Crippen molar-refractivity contribution >= 4 is 23.2 Å². The van der Waals surface area contributed by atoms with Crippen LogP contribution in [0.1, 0.15) is 59.2 Å². The molecule has 0 radical (unpaired) electrons. The lowest BCUT2D eigenvalue weighted by atomic mass is 10.0. The third-order valence-electron chi connectivity index (χ3n) is 7.18. The predicted octanol–water partition coefficient (Wildman–Crippen LogP) is 5.20. The minimum Gasteiger partial charge on any atom is -0.493 e. The molecule has 33 heavy (non-hydrogen) atoms. The van der Waals surface area contributed by atoms with Crippen molar-refractivity contribution in [3.63, 3.8) is 0 Å². The number of rotatable bonds is 7. The van der Waals surface area contributed by atoms with Crippen molar-refractivity contribution in [2.24, 2.45) is 5.92 Å². The predicted molar refractivity (Wildman–Crippen MR) is 134 cm³/mol. The number of anilines is 2. The summed E-state index contributed by atoms with van der Waals surface area (Å²) in [5.41, 5.74) is 2.19. The molecule has 0 aromatic heterocycles. The molecule has 3 fully saturated rings. The molecule has 1 N–H and O–H groups in total. The van der Waals surface area contributed by atoms with E-state index in [2.05, 4.69) is 24.1 Å². The summed E-state index contributed by atoms with van der Waals surface area (Å²) >= 11 is 0. The molecule has 3 aliphatic heterocycles. The Bertz CT molecular complexity index is 993. The highest BCUT2D eigenvalue weighted by Crippen LogP contribution is 2.41. The average molecular weight is 452 g/mol. The highest BCUT2D eigenvalue weighted by Gasteiger charge is 2.48. The van der Waals surface area contributed by atoms with Gasteiger partial charge in [0.25, 0.3) is 5.91 Å². The number of hydrogen-bond acceptors (Lipinski definition) is 4. The van der Waals surface area contributed by atoms with Crippen LogP contribution in [0.4, 0.5) is 11.4 Å². The van der Waals surface area contributed by atoms with E-state index in [9.17, 15) is 9.59 Å². The standard InChI is InChI=1S/C27H33N3O3.2H2/c1-18(2)17-33-24-13-3-19(4-14-24)26(31)28-20-5-7-21(8-6-20)29-16-15-25(27(29)32)30-22-9-10-23(30)12-11-22;;/h3-8,13-14,18,22-23,25H,9-12,15-17H2,1-2H3,(H,28,31);2*1H. The SMILES string of the molecule is CC(C)COc1ccc(C(=O)Nc2ccc(N3CCC(N4C5CCC4CC5)C3=O)cc2)cc1.[HH].[HH]. The van der Waals surface area contributed by atoms with Crippen LogP contribution in [0, 0.1) is 5.92 Å². The fourth-order valence-corrected chi connectivity index (χ4v) is 5.55. The van der Waals surface area contributed by atoms with Crippen molar-refractivity contribution in [3.8, 4) is 5.75 Å². The van der Waals surface area contributed by atoms with Gasteiger partial charge in [-0.2, -0.15) is 0 Å². The van der Waals surface area contributed by atoms with E-state index >= 15 is 0 Å². The quantitative estimate of drug-likeness (QED) is 0.629. The van der Waals surface area contributed by atoms with Gasteiger partial charge in [-0.3, -0.25) is 14.5 Å². The molecule has 0 spiro atoms. The summed E-state index contributed by atoms with van der Waals surface area (Å²) in [4.78, 5) is 30.2. The molecular formula is C27H37N3O3. The molecule has 6 heteroatoms. The van der Waals surface area contributed by atoms with Gasteiger partial charge in [0.05, 0.1) is 12.6 Å². The number of carbonyl (C=O) groups is 2. The average Bonchev–Trinajstić information content (AvgIpc) is 3.52. The van der Waals surface area contributed by atoms with Crippen molar-refractivity contribution < 1.29 is 17.2 Å². The third kappa shape index (κ3) is 4.49. The molecule has 0 aliphatic carbocycles. The molecule has 3 heterocycles. The molecule has 2 aromatic rings. The number of amides is 2. The van der Waals surface area contributed by atoms with Crippen LogP contribution in [0.25, 0.3) is 0 Å². The van der Waals surface area contributed by atoms with Gasteiger partial charge < -0.3 is 15.0 Å². The maximum atomic E-state index is 13.2. The molecule has 5 rings (SSSR count). The molecule has 1 atom stereocenters. The molecule has 0 saturated carbocycles. The van der Waals surface area contributed by atoms with Crippen LogP contribution in [0.2, 0.25) is 0 Å². The summed E-state index contributed by atoms with van der Waals surface area (Å²) in [5, 5.41) is 2.94. The van der Waals surface area contributed by atoms with E-state index < -0.39 is 0 Å². The van der Waals surface area contributed by atoms with Gasteiger partial charge in [0.2, 0.25) is 5.91 Å². The van der Waals surface area contributed by atoms with Crippen LogP contribution in [0.15, 0.2) is 48.5 Å². The van der Waals surface area contributed by atoms with Crippen LogP contribution in [0.3, 0.4) is 0 Å². The first-order valence-corrected chi connectivity index (χ1v) is 12.2. The topological polar surface area (TPSA) is 61.9 Å². The number of benzene rings is 2. The minimum absolute atomic E-state index is 0. The van der Waals surface area contributed by atoms with Gasteiger partial charge in [0, 0.05) is 38.4 Å². The van der Waals surface area contributed by atoms with Gasteiger partial charge in [-0.25, -0.2) is 0 Å². The highest BCUT2D eigenvalue weighted by atomic mass is 16.5. The molecule has 1 unspecified atom stereocenters. The van der Waals surface area contributed by atoms with E-state index in [4.69, 9.17) is 4.74 Å². The fourth-order valence-electron chi connectivity index (χ4n) is 5.55. The maximum absolute atomic E-state index is 13.2. The first-order chi connectivity index (χ1) is 16.0. The zero-order valence-corrected chi connectivity index (χ0v) is 19.5. The van der Waals surface area contributed by atoms with Crippen molar-refractivity contribution in [2.45, 2.75) is 64.1 Å². The number of fused-ring (bicyclic) bond motifs is 2. The number of nitrogens with one attached hydrogen (secondary N) is 1. The second-order valence-corrected chi connectivity index (χ2v) is 9.93. The van der Waals surface area contributed by atoms with Gasteiger partial charge >= 0.3 is 0 Å². The maximum Gasteiger partial charge on any atom is 0.255 e. The third-order valence-corrected chi connectivity index (χ3v) is 7.18. The van der Waals surface area contributed by atoms with Crippen LogP contribution in [-0.2, 0) is 4.79 Å². The molecule has 2 amide bonds. The Hall–Kier alpha value is -2.86. The fraction of sp³-hybridized carbons (Fsp3) is 0.481. The Morgan fingerprint density at radius 3 is 2.24 bits per heavy atom. The summed E-state index contributed by atoms with van der Waals surface area (Å²) in [6.07, 6.45) is 5.89. The van der Waals surface area contributed by atoms with Gasteiger partial charge in [-0.05, 0) is 86.6 Å². The van der Waals surface area contributed by atoms with E-state index in [1.165, 1.54) is 25.7 Å². The van der Waals surface area contributed by atoms with Crippen molar-refractivity contribution in [1.29, 1.82) is 0 Å². The Labute approximate surface area is 198 Å².